The first kappa shape index (κ1) is 13.6. The third kappa shape index (κ3) is 2.49. The van der Waals surface area contributed by atoms with Gasteiger partial charge in [0.25, 0.3) is 0 Å². The monoisotopic (exact) mass is 270 g/mol. The minimum Gasteiger partial charge on any atom is -0.392 e. The Morgan fingerprint density at radius 2 is 1.95 bits per heavy atom. The average Bonchev–Trinajstić information content (AvgIpc) is 2.63. The number of nitrogens with zero attached hydrogens (tertiary/aromatic N) is 2. The van der Waals surface area contributed by atoms with Crippen LogP contribution >= 0.6 is 0 Å². The van der Waals surface area contributed by atoms with Crippen LogP contribution in [0.3, 0.4) is 0 Å². The minimum atomic E-state index is -4.38. The summed E-state index contributed by atoms with van der Waals surface area (Å²) in [5, 5.41) is 13.4. The highest BCUT2D eigenvalue weighted by Crippen LogP contribution is 2.30. The Morgan fingerprint density at radius 3 is 2.47 bits per heavy atom. The second-order valence-corrected chi connectivity index (χ2v) is 4.27. The highest BCUT2D eigenvalue weighted by atomic mass is 19.4. The maximum absolute atomic E-state index is 12.7. The molecule has 0 atom stereocenters. The molecule has 0 radical (unpaired) electrons. The number of rotatable bonds is 2. The first-order chi connectivity index (χ1) is 8.84. The van der Waals surface area contributed by atoms with Crippen molar-refractivity contribution in [3.8, 4) is 5.69 Å². The molecular weight excluding hydrogens is 257 g/mol. The zero-order chi connectivity index (χ0) is 14.2. The molecule has 19 heavy (non-hydrogen) atoms. The first-order valence-electron chi connectivity index (χ1n) is 5.68. The van der Waals surface area contributed by atoms with Crippen molar-refractivity contribution in [3.63, 3.8) is 0 Å². The van der Waals surface area contributed by atoms with Gasteiger partial charge < -0.3 is 5.11 Å². The highest BCUT2D eigenvalue weighted by Gasteiger charge is 2.30. The zero-order valence-electron chi connectivity index (χ0n) is 10.5. The summed E-state index contributed by atoms with van der Waals surface area (Å²) in [7, 11) is 0. The molecule has 1 aromatic carbocycles. The molecule has 0 bridgehead atoms. The van der Waals surface area contributed by atoms with Gasteiger partial charge in [0.1, 0.15) is 0 Å². The van der Waals surface area contributed by atoms with Crippen LogP contribution in [0.1, 0.15) is 22.5 Å². The molecule has 2 aromatic rings. The van der Waals surface area contributed by atoms with Gasteiger partial charge in [-0.1, -0.05) is 6.07 Å². The molecule has 0 saturated heterocycles. The molecule has 0 fully saturated rings. The van der Waals surface area contributed by atoms with Crippen LogP contribution in [0.15, 0.2) is 24.3 Å². The van der Waals surface area contributed by atoms with Gasteiger partial charge >= 0.3 is 6.18 Å². The number of aryl methyl sites for hydroxylation is 1. The molecular formula is C13H13F3N2O. The summed E-state index contributed by atoms with van der Waals surface area (Å²) in [5.74, 6) is 0. The number of alkyl halides is 3. The molecule has 1 heterocycles. The van der Waals surface area contributed by atoms with Crippen molar-refractivity contribution in [2.45, 2.75) is 26.6 Å². The van der Waals surface area contributed by atoms with Crippen molar-refractivity contribution < 1.29 is 18.3 Å². The average molecular weight is 270 g/mol. The predicted octanol–water partition coefficient (Wildman–Crippen LogP) is 3.00. The van der Waals surface area contributed by atoms with Crippen LogP contribution in [0.25, 0.3) is 5.69 Å². The Hall–Kier alpha value is -1.82. The molecule has 0 unspecified atom stereocenters. The number of hydrogen-bond acceptors (Lipinski definition) is 2. The molecule has 1 aromatic heterocycles. The van der Waals surface area contributed by atoms with E-state index >= 15 is 0 Å². The van der Waals surface area contributed by atoms with Gasteiger partial charge in [0, 0.05) is 11.3 Å². The van der Waals surface area contributed by atoms with Crippen molar-refractivity contribution in [2.24, 2.45) is 0 Å². The van der Waals surface area contributed by atoms with Crippen LogP contribution in [-0.2, 0) is 12.8 Å². The van der Waals surface area contributed by atoms with E-state index in [9.17, 15) is 18.3 Å². The van der Waals surface area contributed by atoms with E-state index in [-0.39, 0.29) is 6.61 Å². The number of halogens is 3. The molecule has 102 valence electrons. The molecule has 2 rings (SSSR count). The highest BCUT2D eigenvalue weighted by molar-refractivity contribution is 5.40. The predicted molar refractivity (Wildman–Crippen MR) is 64.0 cm³/mol. The van der Waals surface area contributed by atoms with Gasteiger partial charge in [-0.15, -0.1) is 0 Å². The molecule has 0 amide bonds. The lowest BCUT2D eigenvalue weighted by atomic mass is 10.2. The molecule has 6 heteroatoms. The Bertz CT molecular complexity index is 602. The number of aliphatic hydroxyl groups excluding tert-OH is 1. The maximum atomic E-state index is 12.7. The summed E-state index contributed by atoms with van der Waals surface area (Å²) in [4.78, 5) is 0. The van der Waals surface area contributed by atoms with E-state index in [1.165, 1.54) is 10.7 Å². The smallest absolute Gasteiger partial charge is 0.392 e. The van der Waals surface area contributed by atoms with E-state index in [4.69, 9.17) is 0 Å². The van der Waals surface area contributed by atoms with Gasteiger partial charge in [-0.05, 0) is 32.0 Å². The van der Waals surface area contributed by atoms with Crippen LogP contribution in [0.5, 0.6) is 0 Å². The quantitative estimate of drug-likeness (QED) is 0.911. The van der Waals surface area contributed by atoms with Crippen molar-refractivity contribution in [2.75, 3.05) is 0 Å². The third-order valence-corrected chi connectivity index (χ3v) is 3.02. The van der Waals surface area contributed by atoms with Crippen molar-refractivity contribution in [1.82, 2.24) is 9.78 Å². The molecule has 1 N–H and O–H groups in total. The maximum Gasteiger partial charge on any atom is 0.416 e. The number of hydrogen-bond donors (Lipinski definition) is 1. The SMILES string of the molecule is Cc1nn(-c2cccc(C(F)(F)F)c2)c(C)c1CO. The molecule has 3 nitrogen and oxygen atoms in total. The molecule has 0 saturated carbocycles. The number of aliphatic hydroxyl groups is 1. The zero-order valence-corrected chi connectivity index (χ0v) is 10.5. The molecule has 0 aliphatic rings. The second-order valence-electron chi connectivity index (χ2n) is 4.27. The Morgan fingerprint density at radius 1 is 1.26 bits per heavy atom. The van der Waals surface area contributed by atoms with E-state index in [1.807, 2.05) is 0 Å². The van der Waals surface area contributed by atoms with Gasteiger partial charge in [-0.3, -0.25) is 0 Å². The minimum absolute atomic E-state index is 0.184. The summed E-state index contributed by atoms with van der Waals surface area (Å²) in [6.45, 7) is 3.24. The van der Waals surface area contributed by atoms with Crippen molar-refractivity contribution in [3.05, 3.63) is 46.8 Å². The largest absolute Gasteiger partial charge is 0.416 e. The number of aromatic nitrogens is 2. The summed E-state index contributed by atoms with van der Waals surface area (Å²) in [6, 6.07) is 4.95. The van der Waals surface area contributed by atoms with Crippen LogP contribution < -0.4 is 0 Å². The molecule has 0 aliphatic heterocycles. The van der Waals surface area contributed by atoms with E-state index in [0.717, 1.165) is 12.1 Å². The number of benzene rings is 1. The topological polar surface area (TPSA) is 38.0 Å². The van der Waals surface area contributed by atoms with E-state index in [1.54, 1.807) is 19.9 Å². The van der Waals surface area contributed by atoms with E-state index in [0.29, 0.717) is 22.6 Å². The first-order valence-corrected chi connectivity index (χ1v) is 5.68. The molecule has 0 aliphatic carbocycles. The fourth-order valence-corrected chi connectivity index (χ4v) is 1.97. The lowest BCUT2D eigenvalue weighted by Crippen LogP contribution is -2.07. The van der Waals surface area contributed by atoms with Crippen molar-refractivity contribution >= 4 is 0 Å². The lowest BCUT2D eigenvalue weighted by molar-refractivity contribution is -0.137. The summed E-state index contributed by atoms with van der Waals surface area (Å²) in [5.41, 5.74) is 1.49. The van der Waals surface area contributed by atoms with Gasteiger partial charge in [-0.25, -0.2) is 4.68 Å². The summed E-state index contributed by atoms with van der Waals surface area (Å²) < 4.78 is 39.4. The van der Waals surface area contributed by atoms with Crippen LogP contribution in [0.2, 0.25) is 0 Å². The fraction of sp³-hybridized carbons (Fsp3) is 0.308. The normalized spacial score (nSPS) is 11.9. The van der Waals surface area contributed by atoms with Crippen LogP contribution in [0.4, 0.5) is 13.2 Å². The van der Waals surface area contributed by atoms with Crippen LogP contribution in [-0.4, -0.2) is 14.9 Å². The fourth-order valence-electron chi connectivity index (χ4n) is 1.97. The second kappa shape index (κ2) is 4.70. The van der Waals surface area contributed by atoms with E-state index < -0.39 is 11.7 Å². The van der Waals surface area contributed by atoms with Crippen LogP contribution in [0, 0.1) is 13.8 Å². The van der Waals surface area contributed by atoms with Gasteiger partial charge in [0.15, 0.2) is 0 Å². The molecule has 0 spiro atoms. The Labute approximate surface area is 108 Å². The van der Waals surface area contributed by atoms with E-state index in [2.05, 4.69) is 5.10 Å². The summed E-state index contributed by atoms with van der Waals surface area (Å²) >= 11 is 0. The Kier molecular flexibility index (Phi) is 3.36. The van der Waals surface area contributed by atoms with Gasteiger partial charge in [0.2, 0.25) is 0 Å². The third-order valence-electron chi connectivity index (χ3n) is 3.02. The van der Waals surface area contributed by atoms with Gasteiger partial charge in [-0.2, -0.15) is 18.3 Å². The standard InChI is InChI=1S/C13H13F3N2O/c1-8-12(7-19)9(2)18(17-8)11-5-3-4-10(6-11)13(14,15)16/h3-6,19H,7H2,1-2H3. The van der Waals surface area contributed by atoms with Gasteiger partial charge in [0.05, 0.1) is 23.6 Å². The lowest BCUT2D eigenvalue weighted by Gasteiger charge is -2.10. The summed E-state index contributed by atoms with van der Waals surface area (Å²) in [6.07, 6.45) is -4.38. The Balaban J connectivity index is 2.54. The van der Waals surface area contributed by atoms with Crippen molar-refractivity contribution in [1.29, 1.82) is 0 Å².